The molecule has 0 bridgehead atoms. The molecule has 0 aliphatic carbocycles. The molecule has 74 valence electrons. The first kappa shape index (κ1) is 10.2. The maximum atomic E-state index is 5.39. The molecule has 0 saturated carbocycles. The summed E-state index contributed by atoms with van der Waals surface area (Å²) in [5.41, 5.74) is 0. The molecule has 13 heavy (non-hydrogen) atoms. The zero-order valence-corrected chi connectivity index (χ0v) is 8.34. The molecular formula is C9H17N3O. The number of nitrogens with one attached hydrogen (secondary N) is 1. The Hall–Kier alpha value is -0.900. The van der Waals surface area contributed by atoms with E-state index in [2.05, 4.69) is 22.4 Å². The lowest BCUT2D eigenvalue weighted by Crippen LogP contribution is -2.04. The lowest BCUT2D eigenvalue weighted by Gasteiger charge is -1.92. The highest BCUT2D eigenvalue weighted by atomic mass is 16.4. The number of unbranched alkanes of at least 4 members (excludes halogenated alkanes) is 2. The minimum atomic E-state index is 0.654. The molecule has 0 unspecified atom stereocenters. The predicted molar refractivity (Wildman–Crippen MR) is 50.3 cm³/mol. The van der Waals surface area contributed by atoms with Crippen molar-refractivity contribution < 1.29 is 4.42 Å². The van der Waals surface area contributed by atoms with Crippen molar-refractivity contribution in [2.75, 3.05) is 7.05 Å². The molecule has 0 saturated heterocycles. The van der Waals surface area contributed by atoms with Gasteiger partial charge in [0.2, 0.25) is 11.8 Å². The van der Waals surface area contributed by atoms with Gasteiger partial charge in [0, 0.05) is 6.42 Å². The predicted octanol–water partition coefficient (Wildman–Crippen LogP) is 1.52. The monoisotopic (exact) mass is 183 g/mol. The van der Waals surface area contributed by atoms with Crippen LogP contribution in [0.3, 0.4) is 0 Å². The van der Waals surface area contributed by atoms with Crippen LogP contribution in [0, 0.1) is 0 Å². The van der Waals surface area contributed by atoms with Crippen LogP contribution in [0.2, 0.25) is 0 Å². The number of hydrogen-bond donors (Lipinski definition) is 1. The molecule has 0 atom stereocenters. The van der Waals surface area contributed by atoms with Gasteiger partial charge in [-0.2, -0.15) is 0 Å². The highest BCUT2D eigenvalue weighted by Gasteiger charge is 2.03. The lowest BCUT2D eigenvalue weighted by molar-refractivity contribution is 0.433. The van der Waals surface area contributed by atoms with E-state index in [4.69, 9.17) is 4.42 Å². The van der Waals surface area contributed by atoms with Crippen LogP contribution in [0.1, 0.15) is 38.0 Å². The van der Waals surface area contributed by atoms with Gasteiger partial charge in [0.15, 0.2) is 0 Å². The highest BCUT2D eigenvalue weighted by Crippen LogP contribution is 2.05. The van der Waals surface area contributed by atoms with Crippen LogP contribution in [0.4, 0.5) is 0 Å². The number of aromatic nitrogens is 2. The highest BCUT2D eigenvalue weighted by molar-refractivity contribution is 4.81. The smallest absolute Gasteiger partial charge is 0.230 e. The van der Waals surface area contributed by atoms with Crippen molar-refractivity contribution in [2.45, 2.75) is 39.2 Å². The SMILES string of the molecule is CCCCCc1nnc(CNC)o1. The Balaban J connectivity index is 2.31. The summed E-state index contributed by atoms with van der Waals surface area (Å²) in [5.74, 6) is 1.44. The topological polar surface area (TPSA) is 51.0 Å². The molecule has 1 heterocycles. The van der Waals surface area contributed by atoms with E-state index in [1.165, 1.54) is 12.8 Å². The van der Waals surface area contributed by atoms with Crippen molar-refractivity contribution in [2.24, 2.45) is 0 Å². The molecule has 0 aliphatic rings. The largest absolute Gasteiger partial charge is 0.424 e. The molecule has 0 spiro atoms. The van der Waals surface area contributed by atoms with Crippen molar-refractivity contribution in [1.82, 2.24) is 15.5 Å². The van der Waals surface area contributed by atoms with Gasteiger partial charge in [-0.3, -0.25) is 0 Å². The van der Waals surface area contributed by atoms with E-state index in [9.17, 15) is 0 Å². The van der Waals surface area contributed by atoms with Crippen LogP contribution in [-0.2, 0) is 13.0 Å². The number of hydrogen-bond acceptors (Lipinski definition) is 4. The molecule has 0 amide bonds. The van der Waals surface area contributed by atoms with Gasteiger partial charge in [0.25, 0.3) is 0 Å². The van der Waals surface area contributed by atoms with E-state index in [0.29, 0.717) is 12.4 Å². The first-order chi connectivity index (χ1) is 6.36. The second-order valence-electron chi connectivity index (χ2n) is 3.08. The molecule has 1 aromatic heterocycles. The Morgan fingerprint density at radius 3 is 2.69 bits per heavy atom. The molecule has 0 radical (unpaired) electrons. The van der Waals surface area contributed by atoms with Gasteiger partial charge in [-0.05, 0) is 13.5 Å². The van der Waals surface area contributed by atoms with Gasteiger partial charge in [-0.25, -0.2) is 0 Å². The fourth-order valence-electron chi connectivity index (χ4n) is 1.14. The van der Waals surface area contributed by atoms with E-state index >= 15 is 0 Å². The van der Waals surface area contributed by atoms with Gasteiger partial charge in [0.1, 0.15) is 0 Å². The van der Waals surface area contributed by atoms with Crippen LogP contribution < -0.4 is 5.32 Å². The van der Waals surface area contributed by atoms with Crippen molar-refractivity contribution in [3.8, 4) is 0 Å². The Labute approximate surface area is 78.7 Å². The normalized spacial score (nSPS) is 10.6. The molecule has 0 fully saturated rings. The quantitative estimate of drug-likeness (QED) is 0.679. The molecule has 1 rings (SSSR count). The van der Waals surface area contributed by atoms with Crippen LogP contribution in [0.25, 0.3) is 0 Å². The van der Waals surface area contributed by atoms with Crippen LogP contribution in [-0.4, -0.2) is 17.2 Å². The summed E-state index contributed by atoms with van der Waals surface area (Å²) in [6.07, 6.45) is 4.49. The summed E-state index contributed by atoms with van der Waals surface area (Å²) in [7, 11) is 1.86. The molecule has 4 heteroatoms. The Kier molecular flexibility index (Phi) is 4.46. The van der Waals surface area contributed by atoms with Crippen molar-refractivity contribution >= 4 is 0 Å². The Bertz CT molecular complexity index is 235. The third-order valence-electron chi connectivity index (χ3n) is 1.83. The van der Waals surface area contributed by atoms with Gasteiger partial charge in [-0.15, -0.1) is 10.2 Å². The summed E-state index contributed by atoms with van der Waals surface area (Å²) in [5, 5.41) is 10.8. The van der Waals surface area contributed by atoms with Crippen LogP contribution >= 0.6 is 0 Å². The first-order valence-corrected chi connectivity index (χ1v) is 4.82. The van der Waals surface area contributed by atoms with E-state index in [1.54, 1.807) is 0 Å². The van der Waals surface area contributed by atoms with Crippen LogP contribution in [0.5, 0.6) is 0 Å². The average molecular weight is 183 g/mol. The number of aryl methyl sites for hydroxylation is 1. The fraction of sp³-hybridized carbons (Fsp3) is 0.778. The average Bonchev–Trinajstić information content (AvgIpc) is 2.54. The summed E-state index contributed by atoms with van der Waals surface area (Å²) < 4.78 is 5.39. The number of nitrogens with zero attached hydrogens (tertiary/aromatic N) is 2. The standard InChI is InChI=1S/C9H17N3O/c1-3-4-5-6-8-11-12-9(13-8)7-10-2/h10H,3-7H2,1-2H3. The zero-order valence-electron chi connectivity index (χ0n) is 8.34. The second kappa shape index (κ2) is 5.70. The Morgan fingerprint density at radius 1 is 1.23 bits per heavy atom. The summed E-state index contributed by atoms with van der Waals surface area (Å²) in [6.45, 7) is 2.83. The van der Waals surface area contributed by atoms with Gasteiger partial charge in [-0.1, -0.05) is 19.8 Å². The molecule has 4 nitrogen and oxygen atoms in total. The van der Waals surface area contributed by atoms with Gasteiger partial charge < -0.3 is 9.73 Å². The van der Waals surface area contributed by atoms with Gasteiger partial charge >= 0.3 is 0 Å². The molecule has 1 aromatic rings. The number of rotatable bonds is 6. The summed E-state index contributed by atoms with van der Waals surface area (Å²) in [4.78, 5) is 0. The third-order valence-corrected chi connectivity index (χ3v) is 1.83. The second-order valence-corrected chi connectivity index (χ2v) is 3.08. The van der Waals surface area contributed by atoms with Crippen molar-refractivity contribution in [3.05, 3.63) is 11.8 Å². The molecular weight excluding hydrogens is 166 g/mol. The van der Waals surface area contributed by atoms with Gasteiger partial charge in [0.05, 0.1) is 6.54 Å². The van der Waals surface area contributed by atoms with Crippen molar-refractivity contribution in [3.63, 3.8) is 0 Å². The maximum absolute atomic E-state index is 5.39. The first-order valence-electron chi connectivity index (χ1n) is 4.82. The van der Waals surface area contributed by atoms with E-state index in [0.717, 1.165) is 18.7 Å². The van der Waals surface area contributed by atoms with Crippen LogP contribution in [0.15, 0.2) is 4.42 Å². The third kappa shape index (κ3) is 3.55. The minimum absolute atomic E-state index is 0.654. The zero-order chi connectivity index (χ0) is 9.52. The minimum Gasteiger partial charge on any atom is -0.424 e. The maximum Gasteiger partial charge on any atom is 0.230 e. The summed E-state index contributed by atoms with van der Waals surface area (Å²) in [6, 6.07) is 0. The van der Waals surface area contributed by atoms with E-state index < -0.39 is 0 Å². The van der Waals surface area contributed by atoms with Crippen molar-refractivity contribution in [1.29, 1.82) is 0 Å². The summed E-state index contributed by atoms with van der Waals surface area (Å²) >= 11 is 0. The Morgan fingerprint density at radius 2 is 2.00 bits per heavy atom. The fourth-order valence-corrected chi connectivity index (χ4v) is 1.14. The molecule has 0 aromatic carbocycles. The lowest BCUT2D eigenvalue weighted by atomic mass is 10.2. The van der Waals surface area contributed by atoms with E-state index in [-0.39, 0.29) is 0 Å². The van der Waals surface area contributed by atoms with E-state index in [1.807, 2.05) is 7.05 Å². The molecule has 1 N–H and O–H groups in total. The molecule has 0 aliphatic heterocycles.